The summed E-state index contributed by atoms with van der Waals surface area (Å²) in [6.45, 7) is 34.4. The molecule has 12 aromatic rings. The van der Waals surface area contributed by atoms with E-state index < -0.39 is 0 Å². The number of fused-ring (bicyclic) bond motifs is 16. The van der Waals surface area contributed by atoms with Gasteiger partial charge in [0, 0.05) is 49.6 Å². The molecule has 0 N–H and O–H groups in total. The summed E-state index contributed by atoms with van der Waals surface area (Å²) in [5, 5.41) is 6.88. The molecule has 3 aromatic heterocycles. The zero-order chi connectivity index (χ0) is 57.3. The second-order valence-corrected chi connectivity index (χ2v) is 29.1. The van der Waals surface area contributed by atoms with Crippen molar-refractivity contribution in [1.82, 2.24) is 4.57 Å². The fourth-order valence-electron chi connectivity index (χ4n) is 13.5. The maximum Gasteiger partial charge on any atom is 0.333 e. The first-order chi connectivity index (χ1) is 38.8. The van der Waals surface area contributed by atoms with E-state index in [4.69, 9.17) is 8.83 Å². The predicted octanol–water partition coefficient (Wildman–Crippen LogP) is 20.1. The molecule has 0 atom stereocenters. The lowest BCUT2D eigenvalue weighted by atomic mass is 9.43. The Morgan fingerprint density at radius 2 is 1.05 bits per heavy atom. The summed E-state index contributed by atoms with van der Waals surface area (Å²) in [5.41, 5.74) is 25.9. The van der Waals surface area contributed by atoms with Crippen molar-refractivity contribution in [2.45, 2.75) is 137 Å². The highest BCUT2D eigenvalue weighted by Crippen LogP contribution is 2.53. The number of nitrogens with zero attached hydrogens (tertiary/aromatic N) is 2. The van der Waals surface area contributed by atoms with Crippen LogP contribution in [-0.4, -0.2) is 11.4 Å². The van der Waals surface area contributed by atoms with E-state index in [1.807, 2.05) is 0 Å². The molecule has 0 amide bonds. The maximum atomic E-state index is 7.30. The predicted molar refractivity (Wildman–Crippen MR) is 352 cm³/mol. The molecule has 0 bridgehead atoms. The largest absolute Gasteiger partial charge is 0.456 e. The van der Waals surface area contributed by atoms with Gasteiger partial charge in [-0.1, -0.05) is 219 Å². The monoisotopic (exact) mass is 1070 g/mol. The summed E-state index contributed by atoms with van der Waals surface area (Å²) in [7, 11) is 0. The summed E-state index contributed by atoms with van der Waals surface area (Å²) < 4.78 is 17.1. The van der Waals surface area contributed by atoms with Crippen LogP contribution >= 0.6 is 0 Å². The van der Waals surface area contributed by atoms with Gasteiger partial charge >= 0.3 is 6.85 Å². The van der Waals surface area contributed by atoms with E-state index in [0.29, 0.717) is 0 Å². The highest BCUT2D eigenvalue weighted by molar-refractivity contribution is 6.94. The molecule has 0 saturated heterocycles. The lowest BCUT2D eigenvalue weighted by Gasteiger charge is -2.42. The van der Waals surface area contributed by atoms with Gasteiger partial charge in [-0.25, -0.2) is 0 Å². The Morgan fingerprint density at radius 3 is 1.71 bits per heavy atom. The van der Waals surface area contributed by atoms with Gasteiger partial charge in [-0.05, 0) is 155 Å². The summed E-state index contributed by atoms with van der Waals surface area (Å²) in [5.74, 6) is 0. The zero-order valence-corrected chi connectivity index (χ0v) is 50.7. The van der Waals surface area contributed by atoms with E-state index in [0.717, 1.165) is 67.2 Å². The molecular formula is C77H75BN2O2. The number of benzene rings is 9. The van der Waals surface area contributed by atoms with Crippen molar-refractivity contribution >= 4 is 106 Å². The molecule has 408 valence electrons. The summed E-state index contributed by atoms with van der Waals surface area (Å²) in [6.07, 6.45) is 3.12. The lowest BCUT2D eigenvalue weighted by Crippen LogP contribution is -2.60. The molecule has 82 heavy (non-hydrogen) atoms. The third kappa shape index (κ3) is 8.23. The molecule has 0 unspecified atom stereocenters. The van der Waals surface area contributed by atoms with Gasteiger partial charge in [-0.3, -0.25) is 0 Å². The SMILES string of the molecule is CC(C)(C)c1ccc(/C=C(/Cc2ccc3c(c2)oc2cc4c(cc23)N(c2ccc(C(C)(C)C)cc2)B2c3cc(C(C)(C)C)ccc3-n3c5ccc(C(C)(C)C)cc5c5c6oc7ccccc7c6c-4c2c53)c2ccc(C(C)(C)C)cc2)cc1. The van der Waals surface area contributed by atoms with Crippen molar-refractivity contribution < 1.29 is 8.83 Å². The fraction of sp³-hybridized carbons (Fsp3) is 0.273. The van der Waals surface area contributed by atoms with Gasteiger partial charge in [0.15, 0.2) is 0 Å². The number of allylic oxidation sites excluding steroid dienone is 1. The van der Waals surface area contributed by atoms with E-state index in [1.165, 1.54) is 94.1 Å². The van der Waals surface area contributed by atoms with E-state index >= 15 is 0 Å². The Morgan fingerprint density at radius 1 is 0.463 bits per heavy atom. The summed E-state index contributed by atoms with van der Waals surface area (Å²) >= 11 is 0. The molecule has 0 radical (unpaired) electrons. The van der Waals surface area contributed by atoms with Crippen LogP contribution in [0.3, 0.4) is 0 Å². The number of anilines is 2. The van der Waals surface area contributed by atoms with Crippen LogP contribution in [0.1, 0.15) is 148 Å². The van der Waals surface area contributed by atoms with Crippen LogP contribution in [0.25, 0.3) is 94.1 Å². The lowest BCUT2D eigenvalue weighted by molar-refractivity contribution is 0.590. The molecule has 9 aromatic carbocycles. The first kappa shape index (κ1) is 52.1. The smallest absolute Gasteiger partial charge is 0.333 e. The van der Waals surface area contributed by atoms with Crippen molar-refractivity contribution in [1.29, 1.82) is 0 Å². The second-order valence-electron chi connectivity index (χ2n) is 29.1. The number of para-hydroxylation sites is 1. The third-order valence-electron chi connectivity index (χ3n) is 18.2. The first-order valence-electron chi connectivity index (χ1n) is 29.7. The van der Waals surface area contributed by atoms with Crippen LogP contribution in [0.5, 0.6) is 0 Å². The highest BCUT2D eigenvalue weighted by Gasteiger charge is 2.47. The number of aromatic nitrogens is 1. The van der Waals surface area contributed by atoms with Crippen molar-refractivity contribution in [2.75, 3.05) is 4.81 Å². The molecule has 0 spiro atoms. The highest BCUT2D eigenvalue weighted by atomic mass is 16.3. The average Bonchev–Trinajstić information content (AvgIpc) is 1.62. The molecule has 0 fully saturated rings. The van der Waals surface area contributed by atoms with Crippen LogP contribution in [0.4, 0.5) is 11.4 Å². The minimum atomic E-state index is -0.186. The van der Waals surface area contributed by atoms with Crippen molar-refractivity contribution in [3.8, 4) is 16.8 Å². The fourth-order valence-corrected chi connectivity index (χ4v) is 13.5. The quantitative estimate of drug-likeness (QED) is 0.127. The Labute approximate surface area is 484 Å². The third-order valence-corrected chi connectivity index (χ3v) is 18.2. The summed E-state index contributed by atoms with van der Waals surface area (Å²) in [4.78, 5) is 2.67. The van der Waals surface area contributed by atoms with Gasteiger partial charge < -0.3 is 18.2 Å². The van der Waals surface area contributed by atoms with E-state index in [2.05, 4.69) is 283 Å². The minimum absolute atomic E-state index is 0.0111. The van der Waals surface area contributed by atoms with Crippen LogP contribution in [-0.2, 0) is 33.5 Å². The van der Waals surface area contributed by atoms with Gasteiger partial charge in [-0.15, -0.1) is 0 Å². The number of hydrogen-bond donors (Lipinski definition) is 0. The maximum absolute atomic E-state index is 7.30. The van der Waals surface area contributed by atoms with Gasteiger partial charge in [0.1, 0.15) is 22.3 Å². The zero-order valence-electron chi connectivity index (χ0n) is 50.7. The van der Waals surface area contributed by atoms with Crippen LogP contribution in [0.15, 0.2) is 173 Å². The first-order valence-corrected chi connectivity index (χ1v) is 29.7. The van der Waals surface area contributed by atoms with Crippen LogP contribution in [0, 0.1) is 0 Å². The molecule has 2 aliphatic heterocycles. The molecule has 5 heteroatoms. The summed E-state index contributed by atoms with van der Waals surface area (Å²) in [6, 6.07) is 62.7. The Kier molecular flexibility index (Phi) is 11.3. The Balaban J connectivity index is 1.04. The van der Waals surface area contributed by atoms with Crippen molar-refractivity contribution in [2.24, 2.45) is 0 Å². The molecule has 14 rings (SSSR count). The molecule has 0 aliphatic carbocycles. The normalized spacial score (nSPS) is 14.1. The van der Waals surface area contributed by atoms with Crippen molar-refractivity contribution in [3.05, 3.63) is 208 Å². The topological polar surface area (TPSA) is 34.5 Å². The minimum Gasteiger partial charge on any atom is -0.456 e. The average molecular weight is 1070 g/mol. The Hall–Kier alpha value is -8.02. The van der Waals surface area contributed by atoms with E-state index in [1.54, 1.807) is 0 Å². The molecule has 4 nitrogen and oxygen atoms in total. The second kappa shape index (κ2) is 17.7. The number of hydrogen-bond acceptors (Lipinski definition) is 3. The van der Waals surface area contributed by atoms with Crippen molar-refractivity contribution in [3.63, 3.8) is 0 Å². The number of rotatable bonds is 5. The number of furan rings is 2. The van der Waals surface area contributed by atoms with Gasteiger partial charge in [-0.2, -0.15) is 0 Å². The van der Waals surface area contributed by atoms with Crippen LogP contribution in [0.2, 0.25) is 0 Å². The van der Waals surface area contributed by atoms with Crippen LogP contribution < -0.4 is 15.7 Å². The van der Waals surface area contributed by atoms with Gasteiger partial charge in [0.25, 0.3) is 0 Å². The van der Waals surface area contributed by atoms with Gasteiger partial charge in [0.05, 0.1) is 16.4 Å². The van der Waals surface area contributed by atoms with E-state index in [9.17, 15) is 0 Å². The molecule has 5 heterocycles. The molecule has 2 aliphatic rings. The molecular weight excluding hydrogens is 996 g/mol. The standard InChI is InChI=1S/C77H75BN2O2/c1-73(2,3)49-25-20-45(21-26-49)38-48(47-23-27-50(28-24-47)74(4,5)6)39-46-22-35-55-57-43-63-59(44-66(57)81-65(55)40-46)67-68-56-18-16-17-19-64(56)82-72(68)69-58-41-52(76(10,11)12)31-36-61(58)79-62-37-32-53(77(13,14)15)42-60(62)78(70(67)71(69)79)80(63)54-33-29-51(30-34-54)75(7,8)9/h16-38,40-44H,39H2,1-15H3/b48-38-. The molecule has 0 saturated carbocycles. The Bertz CT molecular complexity index is 4640. The van der Waals surface area contributed by atoms with Gasteiger partial charge in [0.2, 0.25) is 0 Å². The van der Waals surface area contributed by atoms with E-state index in [-0.39, 0.29) is 33.9 Å².